The predicted molar refractivity (Wildman–Crippen MR) is 91.4 cm³/mol. The molecule has 0 aliphatic carbocycles. The molecule has 146 valence electrons. The molecule has 2 rings (SSSR count). The summed E-state index contributed by atoms with van der Waals surface area (Å²) >= 11 is 0. The van der Waals surface area contributed by atoms with Crippen LogP contribution in [0.5, 0.6) is 0 Å². The first kappa shape index (κ1) is 20.1. The number of nitrogens with one attached hydrogen (secondary N) is 2. The maximum Gasteiger partial charge on any atom is 0.435 e. The molecule has 1 saturated heterocycles. The number of guanidine groups is 1. The number of hydrogen-bond donors (Lipinski definition) is 2. The van der Waals surface area contributed by atoms with Crippen LogP contribution in [-0.2, 0) is 24.6 Å². The molecule has 1 aliphatic heterocycles. The topological polar surface area (TPSA) is 74.6 Å². The van der Waals surface area contributed by atoms with Crippen molar-refractivity contribution in [3.8, 4) is 0 Å². The van der Waals surface area contributed by atoms with Crippen LogP contribution in [0.2, 0.25) is 0 Å². The highest BCUT2D eigenvalue weighted by Crippen LogP contribution is 2.30. The summed E-state index contributed by atoms with van der Waals surface area (Å²) in [7, 11) is 1.45. The molecule has 1 aliphatic rings. The lowest BCUT2D eigenvalue weighted by Gasteiger charge is -2.18. The van der Waals surface area contributed by atoms with Gasteiger partial charge in [-0.3, -0.25) is 9.48 Å². The first-order valence-electron chi connectivity index (χ1n) is 8.66. The first-order chi connectivity index (χ1) is 12.2. The van der Waals surface area contributed by atoms with Crippen LogP contribution in [0.25, 0.3) is 0 Å². The van der Waals surface area contributed by atoms with Gasteiger partial charge in [-0.05, 0) is 13.3 Å². The van der Waals surface area contributed by atoms with Crippen molar-refractivity contribution >= 4 is 11.9 Å². The zero-order valence-electron chi connectivity index (χ0n) is 15.2. The van der Waals surface area contributed by atoms with Gasteiger partial charge in [-0.15, -0.1) is 0 Å². The van der Waals surface area contributed by atoms with E-state index < -0.39 is 11.9 Å². The molecule has 1 fully saturated rings. The predicted octanol–water partition coefficient (Wildman–Crippen LogP) is 1.50. The Morgan fingerprint density at radius 3 is 2.77 bits per heavy atom. The van der Waals surface area contributed by atoms with E-state index in [9.17, 15) is 18.0 Å². The number of likely N-dealkylation sites (tertiary alicyclic amines) is 1. The number of halogens is 3. The van der Waals surface area contributed by atoms with Gasteiger partial charge in [-0.25, -0.2) is 4.99 Å². The SMILES string of the molecule is CCNC(=NCc1cn(C)nc1C(F)(F)F)NC1CCN(C(=O)CC)C1. The maximum absolute atomic E-state index is 13.0. The largest absolute Gasteiger partial charge is 0.435 e. The number of carbonyl (C=O) groups is 1. The molecule has 1 aromatic rings. The molecule has 1 atom stereocenters. The molecule has 0 bridgehead atoms. The van der Waals surface area contributed by atoms with Crippen LogP contribution in [-0.4, -0.2) is 52.2 Å². The van der Waals surface area contributed by atoms with Crippen LogP contribution < -0.4 is 10.6 Å². The summed E-state index contributed by atoms with van der Waals surface area (Å²) in [5, 5.41) is 9.71. The quantitative estimate of drug-likeness (QED) is 0.605. The van der Waals surface area contributed by atoms with Gasteiger partial charge in [0.15, 0.2) is 11.7 Å². The van der Waals surface area contributed by atoms with E-state index in [1.165, 1.54) is 13.2 Å². The van der Waals surface area contributed by atoms with Gasteiger partial charge in [-0.1, -0.05) is 6.92 Å². The summed E-state index contributed by atoms with van der Waals surface area (Å²) in [5.41, 5.74) is -0.897. The second kappa shape index (κ2) is 8.41. The van der Waals surface area contributed by atoms with E-state index in [1.807, 2.05) is 13.8 Å². The monoisotopic (exact) mass is 374 g/mol. The zero-order chi connectivity index (χ0) is 19.3. The molecule has 1 unspecified atom stereocenters. The van der Waals surface area contributed by atoms with E-state index in [4.69, 9.17) is 0 Å². The van der Waals surface area contributed by atoms with Crippen LogP contribution in [0.3, 0.4) is 0 Å². The summed E-state index contributed by atoms with van der Waals surface area (Å²) in [5.74, 6) is 0.529. The third kappa shape index (κ3) is 5.12. The Morgan fingerprint density at radius 2 is 2.15 bits per heavy atom. The number of aromatic nitrogens is 2. The van der Waals surface area contributed by atoms with Crippen molar-refractivity contribution in [3.63, 3.8) is 0 Å². The number of carbonyl (C=O) groups excluding carboxylic acids is 1. The minimum atomic E-state index is -4.51. The molecule has 0 aromatic carbocycles. The third-order valence-corrected chi connectivity index (χ3v) is 4.11. The van der Waals surface area contributed by atoms with Crippen LogP contribution >= 0.6 is 0 Å². The van der Waals surface area contributed by atoms with E-state index in [2.05, 4.69) is 20.7 Å². The Bertz CT molecular complexity index is 655. The molecule has 0 spiro atoms. The summed E-state index contributed by atoms with van der Waals surface area (Å²) < 4.78 is 40.2. The molecule has 26 heavy (non-hydrogen) atoms. The standard InChI is InChI=1S/C16H25F3N6O/c1-4-13(26)25-7-6-12(10-25)22-15(20-5-2)21-8-11-9-24(3)23-14(11)16(17,18)19/h9,12H,4-8,10H2,1-3H3,(H2,20,21,22). The van der Waals surface area contributed by atoms with Gasteiger partial charge < -0.3 is 15.5 Å². The van der Waals surface area contributed by atoms with Crippen LogP contribution in [0, 0.1) is 0 Å². The van der Waals surface area contributed by atoms with Crippen LogP contribution in [0.15, 0.2) is 11.2 Å². The van der Waals surface area contributed by atoms with E-state index in [0.29, 0.717) is 32.0 Å². The molecular weight excluding hydrogens is 349 g/mol. The van der Waals surface area contributed by atoms with E-state index in [1.54, 1.807) is 4.90 Å². The Kier molecular flexibility index (Phi) is 6.49. The fourth-order valence-corrected chi connectivity index (χ4v) is 2.90. The van der Waals surface area contributed by atoms with Crippen molar-refractivity contribution in [2.24, 2.45) is 12.0 Å². The maximum atomic E-state index is 13.0. The second-order valence-corrected chi connectivity index (χ2v) is 6.19. The number of aliphatic imine (C=N–C) groups is 1. The van der Waals surface area contributed by atoms with E-state index in [-0.39, 0.29) is 24.1 Å². The summed E-state index contributed by atoms with van der Waals surface area (Å²) in [4.78, 5) is 17.8. The number of amides is 1. The van der Waals surface area contributed by atoms with Crippen molar-refractivity contribution in [2.75, 3.05) is 19.6 Å². The number of alkyl halides is 3. The van der Waals surface area contributed by atoms with Gasteiger partial charge in [0.25, 0.3) is 0 Å². The molecule has 7 nitrogen and oxygen atoms in total. The van der Waals surface area contributed by atoms with Gasteiger partial charge in [0.05, 0.1) is 6.54 Å². The summed E-state index contributed by atoms with van der Waals surface area (Å²) in [6, 6.07) is 0.0271. The molecule has 0 radical (unpaired) electrons. The lowest BCUT2D eigenvalue weighted by molar-refractivity contribution is -0.142. The van der Waals surface area contributed by atoms with E-state index in [0.717, 1.165) is 11.1 Å². The minimum absolute atomic E-state index is 0.0198. The lowest BCUT2D eigenvalue weighted by atomic mass is 10.2. The number of rotatable bonds is 5. The molecule has 0 saturated carbocycles. The molecule has 1 aromatic heterocycles. The fourth-order valence-electron chi connectivity index (χ4n) is 2.90. The highest BCUT2D eigenvalue weighted by molar-refractivity contribution is 5.80. The van der Waals surface area contributed by atoms with Gasteiger partial charge in [-0.2, -0.15) is 18.3 Å². The number of aryl methyl sites for hydroxylation is 1. The fraction of sp³-hybridized carbons (Fsp3) is 0.688. The van der Waals surface area contributed by atoms with Crippen molar-refractivity contribution in [3.05, 3.63) is 17.5 Å². The average molecular weight is 374 g/mol. The van der Waals surface area contributed by atoms with Crippen molar-refractivity contribution < 1.29 is 18.0 Å². The second-order valence-electron chi connectivity index (χ2n) is 6.19. The molecular formula is C16H25F3N6O. The smallest absolute Gasteiger partial charge is 0.357 e. The third-order valence-electron chi connectivity index (χ3n) is 4.11. The Labute approximate surface area is 150 Å². The van der Waals surface area contributed by atoms with Gasteiger partial charge >= 0.3 is 6.18 Å². The lowest BCUT2D eigenvalue weighted by Crippen LogP contribution is -2.45. The summed E-state index contributed by atoms with van der Waals surface area (Å²) in [6.07, 6.45) is -1.95. The minimum Gasteiger partial charge on any atom is -0.357 e. The molecule has 2 N–H and O–H groups in total. The summed E-state index contributed by atoms with van der Waals surface area (Å²) in [6.45, 7) is 5.38. The van der Waals surface area contributed by atoms with Crippen molar-refractivity contribution in [1.82, 2.24) is 25.3 Å². The average Bonchev–Trinajstić information content (AvgIpc) is 3.18. The highest BCUT2D eigenvalue weighted by atomic mass is 19.4. The molecule has 2 heterocycles. The normalized spacial score (nSPS) is 18.3. The molecule has 1 amide bonds. The highest BCUT2D eigenvalue weighted by Gasteiger charge is 2.36. The number of nitrogens with zero attached hydrogens (tertiary/aromatic N) is 4. The van der Waals surface area contributed by atoms with Gasteiger partial charge in [0.2, 0.25) is 5.91 Å². The molecule has 10 heteroatoms. The van der Waals surface area contributed by atoms with Crippen LogP contribution in [0.4, 0.5) is 13.2 Å². The Hall–Kier alpha value is -2.26. The van der Waals surface area contributed by atoms with Crippen LogP contribution in [0.1, 0.15) is 37.9 Å². The van der Waals surface area contributed by atoms with E-state index >= 15 is 0 Å². The Balaban J connectivity index is 2.05. The zero-order valence-corrected chi connectivity index (χ0v) is 15.2. The van der Waals surface area contributed by atoms with Gasteiger partial charge in [0.1, 0.15) is 0 Å². The van der Waals surface area contributed by atoms with Crippen molar-refractivity contribution in [2.45, 2.75) is 45.5 Å². The first-order valence-corrected chi connectivity index (χ1v) is 8.66. The number of hydrogen-bond acceptors (Lipinski definition) is 3. The van der Waals surface area contributed by atoms with Crippen molar-refractivity contribution in [1.29, 1.82) is 0 Å². The van der Waals surface area contributed by atoms with Gasteiger partial charge in [0, 0.05) is 50.9 Å². The Morgan fingerprint density at radius 1 is 1.42 bits per heavy atom.